The molecule has 0 heterocycles. The third-order valence-corrected chi connectivity index (χ3v) is 5.24. The van der Waals surface area contributed by atoms with Crippen molar-refractivity contribution < 1.29 is 0 Å². The number of hydrogen-bond acceptors (Lipinski definition) is 1. The molecule has 0 bridgehead atoms. The Hall–Kier alpha value is -1.81. The first-order chi connectivity index (χ1) is 11.8. The van der Waals surface area contributed by atoms with Crippen LogP contribution >= 0.6 is 17.0 Å². The molecule has 25 heavy (non-hydrogen) atoms. The summed E-state index contributed by atoms with van der Waals surface area (Å²) in [6.45, 7) is 0. The number of anilines is 2. The molecule has 2 aliphatic rings. The van der Waals surface area contributed by atoms with Crippen LogP contribution in [0, 0.1) is 5.41 Å². The van der Waals surface area contributed by atoms with Crippen LogP contribution in [0.5, 0.6) is 0 Å². The zero-order valence-electron chi connectivity index (χ0n) is 14.5. The molecule has 0 saturated heterocycles. The summed E-state index contributed by atoms with van der Waals surface area (Å²) < 4.78 is 0. The fourth-order valence-corrected chi connectivity index (χ4v) is 3.94. The number of aryl methyl sites for hydroxylation is 4. The smallest absolute Gasteiger partial charge is 0.197 e. The molecule has 0 spiro atoms. The average molecular weight is 400 g/mol. The van der Waals surface area contributed by atoms with Gasteiger partial charge in [-0.15, -0.1) is 17.0 Å². The van der Waals surface area contributed by atoms with E-state index >= 15 is 0 Å². The van der Waals surface area contributed by atoms with Crippen LogP contribution in [0.1, 0.15) is 47.9 Å². The van der Waals surface area contributed by atoms with Gasteiger partial charge in [0.2, 0.25) is 0 Å². The van der Waals surface area contributed by atoms with E-state index in [2.05, 4.69) is 47.0 Å². The van der Waals surface area contributed by atoms with E-state index < -0.39 is 0 Å². The van der Waals surface area contributed by atoms with Gasteiger partial charge in [-0.3, -0.25) is 5.41 Å². The SMILES string of the molecule is Br.N=C(Nc1ccc2c(c1)CCCC2)Nc1ccc2c(c1)CCCC2. The molecule has 3 N–H and O–H groups in total. The van der Waals surface area contributed by atoms with Crippen LogP contribution < -0.4 is 10.6 Å². The number of hydrogen-bond donors (Lipinski definition) is 3. The summed E-state index contributed by atoms with van der Waals surface area (Å²) in [4.78, 5) is 0. The summed E-state index contributed by atoms with van der Waals surface area (Å²) in [5.41, 5.74) is 7.83. The maximum Gasteiger partial charge on any atom is 0.197 e. The van der Waals surface area contributed by atoms with Crippen molar-refractivity contribution in [2.24, 2.45) is 0 Å². The van der Waals surface area contributed by atoms with E-state index in [0.717, 1.165) is 24.2 Å². The highest BCUT2D eigenvalue weighted by Crippen LogP contribution is 2.25. The van der Waals surface area contributed by atoms with Crippen molar-refractivity contribution >= 4 is 34.3 Å². The number of benzene rings is 2. The van der Waals surface area contributed by atoms with Gasteiger partial charge < -0.3 is 10.6 Å². The summed E-state index contributed by atoms with van der Waals surface area (Å²) in [7, 11) is 0. The first kappa shape index (κ1) is 18.0. The Kier molecular flexibility index (Phi) is 5.79. The molecular formula is C21H26BrN3. The fraction of sp³-hybridized carbons (Fsp3) is 0.381. The third kappa shape index (κ3) is 4.24. The Morgan fingerprint density at radius 2 is 1.04 bits per heavy atom. The summed E-state index contributed by atoms with van der Waals surface area (Å²) in [6.07, 6.45) is 9.88. The third-order valence-electron chi connectivity index (χ3n) is 5.24. The molecule has 0 unspecified atom stereocenters. The maximum absolute atomic E-state index is 8.22. The van der Waals surface area contributed by atoms with Crippen LogP contribution in [0.2, 0.25) is 0 Å². The van der Waals surface area contributed by atoms with Crippen LogP contribution in [-0.4, -0.2) is 5.96 Å². The largest absolute Gasteiger partial charge is 0.326 e. The van der Waals surface area contributed by atoms with Crippen molar-refractivity contribution in [1.82, 2.24) is 0 Å². The number of rotatable bonds is 2. The quantitative estimate of drug-likeness (QED) is 0.462. The minimum Gasteiger partial charge on any atom is -0.326 e. The highest BCUT2D eigenvalue weighted by Gasteiger charge is 2.11. The van der Waals surface area contributed by atoms with Gasteiger partial charge in [0.05, 0.1) is 0 Å². The molecule has 2 aromatic carbocycles. The van der Waals surface area contributed by atoms with Crippen LogP contribution in [-0.2, 0) is 25.7 Å². The molecule has 3 nitrogen and oxygen atoms in total. The van der Waals surface area contributed by atoms with E-state index in [1.165, 1.54) is 60.8 Å². The predicted octanol–water partition coefficient (Wildman–Crippen LogP) is 5.48. The summed E-state index contributed by atoms with van der Waals surface area (Å²) >= 11 is 0. The van der Waals surface area contributed by atoms with Crippen LogP contribution in [0.3, 0.4) is 0 Å². The molecule has 4 heteroatoms. The highest BCUT2D eigenvalue weighted by molar-refractivity contribution is 8.93. The number of nitrogens with one attached hydrogen (secondary N) is 3. The van der Waals surface area contributed by atoms with Crippen molar-refractivity contribution in [3.63, 3.8) is 0 Å². The zero-order valence-corrected chi connectivity index (χ0v) is 16.2. The second kappa shape index (κ2) is 8.05. The lowest BCUT2D eigenvalue weighted by Gasteiger charge is -2.19. The number of guanidine groups is 1. The van der Waals surface area contributed by atoms with E-state index in [1.54, 1.807) is 0 Å². The first-order valence-electron chi connectivity index (χ1n) is 9.14. The van der Waals surface area contributed by atoms with E-state index in [0.29, 0.717) is 5.96 Å². The molecule has 4 rings (SSSR count). The van der Waals surface area contributed by atoms with Gasteiger partial charge in [-0.05, 0) is 97.9 Å². The normalized spacial score (nSPS) is 15.4. The van der Waals surface area contributed by atoms with Crippen LogP contribution in [0.4, 0.5) is 11.4 Å². The van der Waals surface area contributed by atoms with Gasteiger partial charge in [-0.25, -0.2) is 0 Å². The van der Waals surface area contributed by atoms with Gasteiger partial charge in [0.15, 0.2) is 5.96 Å². The molecule has 0 aromatic heterocycles. The van der Waals surface area contributed by atoms with E-state index in [9.17, 15) is 0 Å². The predicted molar refractivity (Wildman–Crippen MR) is 111 cm³/mol. The zero-order chi connectivity index (χ0) is 16.4. The lowest BCUT2D eigenvalue weighted by molar-refractivity contribution is 0.686. The maximum atomic E-state index is 8.22. The molecular weight excluding hydrogens is 374 g/mol. The Balaban J connectivity index is 0.00000182. The molecule has 0 radical (unpaired) electrons. The Morgan fingerprint density at radius 3 is 1.48 bits per heavy atom. The Labute approximate surface area is 160 Å². The summed E-state index contributed by atoms with van der Waals surface area (Å²) in [6, 6.07) is 13.0. The number of fused-ring (bicyclic) bond motifs is 2. The lowest BCUT2D eigenvalue weighted by Crippen LogP contribution is -2.21. The van der Waals surface area contributed by atoms with E-state index in [-0.39, 0.29) is 17.0 Å². The van der Waals surface area contributed by atoms with E-state index in [1.807, 2.05) is 0 Å². The summed E-state index contributed by atoms with van der Waals surface area (Å²) in [5.74, 6) is 0.335. The molecule has 132 valence electrons. The second-order valence-corrected chi connectivity index (χ2v) is 7.01. The van der Waals surface area contributed by atoms with Gasteiger partial charge >= 0.3 is 0 Å². The fourth-order valence-electron chi connectivity index (χ4n) is 3.94. The molecule has 0 atom stereocenters. The highest BCUT2D eigenvalue weighted by atomic mass is 79.9. The monoisotopic (exact) mass is 399 g/mol. The summed E-state index contributed by atoms with van der Waals surface area (Å²) in [5, 5.41) is 14.6. The molecule has 0 amide bonds. The van der Waals surface area contributed by atoms with Crippen molar-refractivity contribution in [3.8, 4) is 0 Å². The molecule has 2 aliphatic carbocycles. The molecule has 0 aliphatic heterocycles. The standard InChI is InChI=1S/C21H25N3.BrH/c22-21(23-19-11-9-15-5-1-3-7-17(15)13-19)24-20-12-10-16-6-2-4-8-18(16)14-20;/h9-14H,1-8H2,(H3,22,23,24);1H. The first-order valence-corrected chi connectivity index (χ1v) is 9.14. The van der Waals surface area contributed by atoms with Gasteiger partial charge in [-0.2, -0.15) is 0 Å². The molecule has 0 saturated carbocycles. The second-order valence-electron chi connectivity index (χ2n) is 7.01. The van der Waals surface area contributed by atoms with Crippen molar-refractivity contribution in [2.75, 3.05) is 10.6 Å². The van der Waals surface area contributed by atoms with Crippen LogP contribution in [0.25, 0.3) is 0 Å². The van der Waals surface area contributed by atoms with Crippen molar-refractivity contribution in [1.29, 1.82) is 5.41 Å². The topological polar surface area (TPSA) is 47.9 Å². The molecule has 0 fully saturated rings. The van der Waals surface area contributed by atoms with Gasteiger partial charge in [-0.1, -0.05) is 12.1 Å². The van der Waals surface area contributed by atoms with Gasteiger partial charge in [0.25, 0.3) is 0 Å². The minimum atomic E-state index is 0. The van der Waals surface area contributed by atoms with Crippen molar-refractivity contribution in [2.45, 2.75) is 51.4 Å². The lowest BCUT2D eigenvalue weighted by atomic mass is 9.91. The van der Waals surface area contributed by atoms with Crippen molar-refractivity contribution in [3.05, 3.63) is 58.7 Å². The Bertz CT molecular complexity index is 706. The molecule has 2 aromatic rings. The van der Waals surface area contributed by atoms with E-state index in [4.69, 9.17) is 5.41 Å². The Morgan fingerprint density at radius 1 is 0.640 bits per heavy atom. The van der Waals surface area contributed by atoms with Crippen LogP contribution in [0.15, 0.2) is 36.4 Å². The average Bonchev–Trinajstić information content (AvgIpc) is 2.61. The van der Waals surface area contributed by atoms with Gasteiger partial charge in [0.1, 0.15) is 0 Å². The minimum absolute atomic E-state index is 0. The number of halogens is 1. The van der Waals surface area contributed by atoms with Gasteiger partial charge in [0, 0.05) is 11.4 Å².